The lowest BCUT2D eigenvalue weighted by Gasteiger charge is -2.12. The molecule has 0 aliphatic carbocycles. The predicted molar refractivity (Wildman–Crippen MR) is 128 cm³/mol. The Morgan fingerprint density at radius 3 is 2.42 bits per heavy atom. The number of hydrogen-bond donors (Lipinski definition) is 1. The zero-order chi connectivity index (χ0) is 23.2. The number of anilines is 1. The number of aromatic nitrogens is 5. The van der Waals surface area contributed by atoms with Gasteiger partial charge in [-0.3, -0.25) is 9.38 Å². The number of pyridine rings is 1. The summed E-state index contributed by atoms with van der Waals surface area (Å²) in [6.45, 7) is 11.2. The lowest BCUT2D eigenvalue weighted by atomic mass is 9.94. The predicted octanol–water partition coefficient (Wildman–Crippen LogP) is 4.75. The maximum atomic E-state index is 7.43. The first-order valence-electron chi connectivity index (χ1n) is 10.3. The average molecular weight is 435 g/mol. The monoisotopic (exact) mass is 435 g/mol. The van der Waals surface area contributed by atoms with E-state index in [1.807, 2.05) is 66.8 Å². The minimum Gasteiger partial charge on any atom is -0.493 e. The first kappa shape index (κ1) is 20.4. The Morgan fingerprint density at radius 2 is 1.70 bits per heavy atom. The first-order valence-corrected chi connectivity index (χ1v) is 10.3. The van der Waals surface area contributed by atoms with Crippen LogP contribution in [0, 0.1) is 6.57 Å². The molecule has 0 aliphatic rings. The van der Waals surface area contributed by atoms with Gasteiger partial charge >= 0.3 is 0 Å². The highest BCUT2D eigenvalue weighted by Crippen LogP contribution is 2.31. The Hall–Kier alpha value is -4.51. The van der Waals surface area contributed by atoms with E-state index < -0.39 is 5.54 Å². The second-order valence-electron chi connectivity index (χ2n) is 8.24. The molecule has 0 atom stereocenters. The fraction of sp³-hybridized carbons (Fsp3) is 0.160. The quantitative estimate of drug-likeness (QED) is 0.409. The molecule has 8 nitrogen and oxygen atoms in total. The maximum Gasteiger partial charge on any atom is 0.252 e. The Morgan fingerprint density at radius 1 is 0.939 bits per heavy atom. The summed E-state index contributed by atoms with van der Waals surface area (Å²) >= 11 is 0. The molecule has 0 saturated carbocycles. The second kappa shape index (κ2) is 7.57. The van der Waals surface area contributed by atoms with Crippen LogP contribution in [0.2, 0.25) is 0 Å². The Labute approximate surface area is 190 Å². The van der Waals surface area contributed by atoms with E-state index in [1.165, 1.54) is 0 Å². The molecular weight excluding hydrogens is 414 g/mol. The van der Waals surface area contributed by atoms with Gasteiger partial charge in [0, 0.05) is 36.7 Å². The van der Waals surface area contributed by atoms with Crippen LogP contribution in [0.3, 0.4) is 0 Å². The molecule has 3 aromatic heterocycles. The number of ether oxygens (including phenoxy) is 1. The highest BCUT2D eigenvalue weighted by atomic mass is 16.5. The van der Waals surface area contributed by atoms with Crippen LogP contribution in [0.1, 0.15) is 19.4 Å². The standard InChI is InChI=1S/C25H21N7O/c1-25(2,27-3)18-8-5-15(6-9-18)24-31-30-22-14-28-19-10-7-16(11-20(19)32(22)24)17-12-21(33-4)23(26)29-13-17/h5-14H,1-2,4H3,(H2,26,29). The van der Waals surface area contributed by atoms with Crippen LogP contribution >= 0.6 is 0 Å². The minimum atomic E-state index is -0.578. The van der Waals surface area contributed by atoms with E-state index >= 15 is 0 Å². The smallest absolute Gasteiger partial charge is 0.252 e. The Balaban J connectivity index is 1.68. The van der Waals surface area contributed by atoms with Crippen molar-refractivity contribution in [1.29, 1.82) is 0 Å². The van der Waals surface area contributed by atoms with Gasteiger partial charge in [-0.25, -0.2) is 11.6 Å². The van der Waals surface area contributed by atoms with Crippen LogP contribution < -0.4 is 10.5 Å². The van der Waals surface area contributed by atoms with E-state index in [1.54, 1.807) is 19.5 Å². The Bertz CT molecular complexity index is 1550. The highest BCUT2D eigenvalue weighted by Gasteiger charge is 2.25. The number of fused-ring (bicyclic) bond motifs is 3. The van der Waals surface area contributed by atoms with Crippen molar-refractivity contribution in [2.45, 2.75) is 19.4 Å². The van der Waals surface area contributed by atoms with Gasteiger partial charge in [-0.05, 0) is 23.8 Å². The van der Waals surface area contributed by atoms with E-state index in [2.05, 4.69) is 25.0 Å². The molecule has 0 bridgehead atoms. The molecule has 3 heterocycles. The SMILES string of the molecule is [C-]#[N+]C(C)(C)c1ccc(-c2nnc3cnc4ccc(-c5cnc(N)c(OC)c5)cc4n23)cc1. The summed E-state index contributed by atoms with van der Waals surface area (Å²) < 4.78 is 7.32. The molecule has 2 N–H and O–H groups in total. The summed E-state index contributed by atoms with van der Waals surface area (Å²) in [5.74, 6) is 1.57. The Kier molecular flexibility index (Phi) is 4.68. The van der Waals surface area contributed by atoms with Gasteiger partial charge < -0.3 is 15.3 Å². The number of hydrogen-bond acceptors (Lipinski definition) is 6. The molecule has 0 spiro atoms. The third kappa shape index (κ3) is 3.40. The molecule has 2 aromatic carbocycles. The summed E-state index contributed by atoms with van der Waals surface area (Å²) in [5.41, 5.74) is 11.3. The number of methoxy groups -OCH3 is 1. The second-order valence-corrected chi connectivity index (χ2v) is 8.24. The molecule has 0 fully saturated rings. The number of nitrogens with zero attached hydrogens (tertiary/aromatic N) is 6. The molecule has 0 radical (unpaired) electrons. The van der Waals surface area contributed by atoms with Crippen LogP contribution in [-0.2, 0) is 5.54 Å². The highest BCUT2D eigenvalue weighted by molar-refractivity contribution is 5.85. The zero-order valence-electron chi connectivity index (χ0n) is 18.4. The van der Waals surface area contributed by atoms with Gasteiger partial charge in [0.1, 0.15) is 0 Å². The van der Waals surface area contributed by atoms with E-state index in [0.29, 0.717) is 23.0 Å². The topological polar surface area (TPSA) is 95.6 Å². The molecule has 5 aromatic rings. The van der Waals surface area contributed by atoms with Gasteiger partial charge in [0.25, 0.3) is 5.54 Å². The van der Waals surface area contributed by atoms with Crippen molar-refractivity contribution in [2.24, 2.45) is 0 Å². The van der Waals surface area contributed by atoms with Crippen LogP contribution in [0.5, 0.6) is 5.75 Å². The first-order chi connectivity index (χ1) is 15.9. The fourth-order valence-electron chi connectivity index (χ4n) is 3.79. The fourth-order valence-corrected chi connectivity index (χ4v) is 3.79. The summed E-state index contributed by atoms with van der Waals surface area (Å²) in [6.07, 6.45) is 3.43. The van der Waals surface area contributed by atoms with Crippen molar-refractivity contribution >= 4 is 22.5 Å². The molecule has 33 heavy (non-hydrogen) atoms. The number of rotatable bonds is 4. The summed E-state index contributed by atoms with van der Waals surface area (Å²) in [6, 6.07) is 15.7. The summed E-state index contributed by atoms with van der Waals surface area (Å²) in [4.78, 5) is 12.5. The molecular formula is C25H21N7O. The minimum absolute atomic E-state index is 0.344. The van der Waals surface area contributed by atoms with E-state index in [9.17, 15) is 0 Å². The molecule has 5 rings (SSSR count). The molecule has 0 amide bonds. The molecule has 8 heteroatoms. The van der Waals surface area contributed by atoms with Crippen LogP contribution in [-0.4, -0.2) is 31.7 Å². The molecule has 162 valence electrons. The van der Waals surface area contributed by atoms with Crippen LogP contribution in [0.4, 0.5) is 5.82 Å². The van der Waals surface area contributed by atoms with Crippen molar-refractivity contribution in [3.8, 4) is 28.3 Å². The van der Waals surface area contributed by atoms with Gasteiger partial charge in [-0.2, -0.15) is 0 Å². The van der Waals surface area contributed by atoms with Crippen LogP contribution in [0.15, 0.2) is 60.9 Å². The zero-order valence-corrected chi connectivity index (χ0v) is 18.4. The maximum absolute atomic E-state index is 7.43. The lowest BCUT2D eigenvalue weighted by Crippen LogP contribution is -2.10. The van der Waals surface area contributed by atoms with Gasteiger partial charge in [0.2, 0.25) is 0 Å². The normalized spacial score (nSPS) is 11.6. The summed E-state index contributed by atoms with van der Waals surface area (Å²) in [7, 11) is 1.57. The van der Waals surface area contributed by atoms with Gasteiger partial charge in [0.05, 0.1) is 24.3 Å². The van der Waals surface area contributed by atoms with Crippen LogP contribution in [0.25, 0.3) is 44.0 Å². The largest absolute Gasteiger partial charge is 0.493 e. The van der Waals surface area contributed by atoms with Crippen molar-refractivity contribution in [2.75, 3.05) is 12.8 Å². The molecule has 0 saturated heterocycles. The third-order valence-corrected chi connectivity index (χ3v) is 5.79. The van der Waals surface area contributed by atoms with Crippen molar-refractivity contribution < 1.29 is 4.74 Å². The number of benzene rings is 2. The molecule has 0 unspecified atom stereocenters. The van der Waals surface area contributed by atoms with E-state index in [0.717, 1.165) is 33.3 Å². The van der Waals surface area contributed by atoms with Crippen molar-refractivity contribution in [3.05, 3.63) is 77.9 Å². The number of nitrogens with two attached hydrogens (primary N) is 1. The third-order valence-electron chi connectivity index (χ3n) is 5.79. The van der Waals surface area contributed by atoms with Crippen molar-refractivity contribution in [3.63, 3.8) is 0 Å². The van der Waals surface area contributed by atoms with Gasteiger partial charge in [-0.15, -0.1) is 10.2 Å². The molecule has 0 aliphatic heterocycles. The van der Waals surface area contributed by atoms with Gasteiger partial charge in [0.15, 0.2) is 23.0 Å². The number of nitrogen functional groups attached to an aromatic ring is 1. The summed E-state index contributed by atoms with van der Waals surface area (Å²) in [5, 5.41) is 8.76. The van der Waals surface area contributed by atoms with E-state index in [-0.39, 0.29) is 0 Å². The van der Waals surface area contributed by atoms with Gasteiger partial charge in [-0.1, -0.05) is 30.3 Å². The average Bonchev–Trinajstić information content (AvgIpc) is 3.29. The lowest BCUT2D eigenvalue weighted by molar-refractivity contribution is 0.415. The van der Waals surface area contributed by atoms with E-state index in [4.69, 9.17) is 17.0 Å². The van der Waals surface area contributed by atoms with Crippen molar-refractivity contribution in [1.82, 2.24) is 24.6 Å².